The Morgan fingerprint density at radius 2 is 1.60 bits per heavy atom. The van der Waals surface area contributed by atoms with Gasteiger partial charge in [-0.25, -0.2) is 4.68 Å². The second kappa shape index (κ2) is 8.17. The van der Waals surface area contributed by atoms with Crippen molar-refractivity contribution in [3.05, 3.63) is 40.3 Å². The standard InChI is InChI=1S/C26H31N5O4/c1-30-24(34)19-6-3-2-5-18(19)21(29-30)23(33)28-27-22(32)20-7-4-8-31(20)25(35)26-12-15-9-16(13-26)11-17(10-15)14-26/h2-3,5-6,15-17,20H,4,7-14H2,1H3,(H,27,32)(H,28,33). The van der Waals surface area contributed by atoms with Crippen LogP contribution in [0.2, 0.25) is 0 Å². The van der Waals surface area contributed by atoms with Crippen molar-refractivity contribution in [1.82, 2.24) is 25.5 Å². The van der Waals surface area contributed by atoms with E-state index in [0.29, 0.717) is 41.5 Å². The molecule has 9 heteroatoms. The van der Waals surface area contributed by atoms with E-state index < -0.39 is 11.9 Å². The molecule has 1 aromatic heterocycles. The molecule has 1 unspecified atom stereocenters. The van der Waals surface area contributed by atoms with E-state index in [4.69, 9.17) is 0 Å². The van der Waals surface area contributed by atoms with Crippen molar-refractivity contribution in [2.45, 2.75) is 57.4 Å². The predicted molar refractivity (Wildman–Crippen MR) is 128 cm³/mol. The van der Waals surface area contributed by atoms with Gasteiger partial charge in [-0.05, 0) is 75.2 Å². The van der Waals surface area contributed by atoms with E-state index in [9.17, 15) is 19.2 Å². The van der Waals surface area contributed by atoms with Crippen LogP contribution in [0, 0.1) is 23.2 Å². The quantitative estimate of drug-likeness (QED) is 0.656. The van der Waals surface area contributed by atoms with Gasteiger partial charge in [-0.3, -0.25) is 30.0 Å². The molecule has 184 valence electrons. The fourth-order valence-corrected chi connectivity index (χ4v) is 7.69. The van der Waals surface area contributed by atoms with Gasteiger partial charge >= 0.3 is 0 Å². The fourth-order valence-electron chi connectivity index (χ4n) is 7.69. The molecule has 35 heavy (non-hydrogen) atoms. The Bertz CT molecular complexity index is 1250. The lowest BCUT2D eigenvalue weighted by molar-refractivity contribution is -0.160. The minimum atomic E-state index is -0.609. The number of hydrazine groups is 1. The molecule has 7 rings (SSSR count). The number of carbonyl (C=O) groups excluding carboxylic acids is 3. The van der Waals surface area contributed by atoms with Crippen molar-refractivity contribution in [1.29, 1.82) is 0 Å². The lowest BCUT2D eigenvalue weighted by atomic mass is 9.49. The lowest BCUT2D eigenvalue weighted by Gasteiger charge is -2.56. The number of rotatable bonds is 3. The van der Waals surface area contributed by atoms with Crippen LogP contribution >= 0.6 is 0 Å². The van der Waals surface area contributed by atoms with Crippen LogP contribution < -0.4 is 16.4 Å². The Labute approximate surface area is 203 Å². The topological polar surface area (TPSA) is 113 Å². The van der Waals surface area contributed by atoms with Crippen LogP contribution in [0.5, 0.6) is 0 Å². The number of likely N-dealkylation sites (tertiary alicyclic amines) is 1. The largest absolute Gasteiger partial charge is 0.330 e. The van der Waals surface area contributed by atoms with Gasteiger partial charge in [-0.2, -0.15) is 5.10 Å². The summed E-state index contributed by atoms with van der Waals surface area (Å²) in [6.45, 7) is 0.583. The summed E-state index contributed by atoms with van der Waals surface area (Å²) >= 11 is 0. The van der Waals surface area contributed by atoms with Gasteiger partial charge in [-0.15, -0.1) is 0 Å². The average Bonchev–Trinajstić information content (AvgIpc) is 3.33. The van der Waals surface area contributed by atoms with Crippen molar-refractivity contribution in [3.63, 3.8) is 0 Å². The molecule has 1 atom stereocenters. The maximum absolute atomic E-state index is 13.8. The molecule has 5 aliphatic rings. The molecular weight excluding hydrogens is 446 g/mol. The molecule has 1 aromatic carbocycles. The van der Waals surface area contributed by atoms with Crippen molar-refractivity contribution in [3.8, 4) is 0 Å². The van der Waals surface area contributed by atoms with Crippen LogP contribution in [0.3, 0.4) is 0 Å². The number of hydrogen-bond donors (Lipinski definition) is 2. The molecule has 4 saturated carbocycles. The van der Waals surface area contributed by atoms with E-state index in [2.05, 4.69) is 16.0 Å². The highest BCUT2D eigenvalue weighted by molar-refractivity contribution is 6.05. The third kappa shape index (κ3) is 3.63. The van der Waals surface area contributed by atoms with E-state index in [0.717, 1.165) is 30.4 Å². The smallest absolute Gasteiger partial charge is 0.290 e. The zero-order valence-corrected chi connectivity index (χ0v) is 20.0. The Hall–Kier alpha value is -3.23. The van der Waals surface area contributed by atoms with Crippen LogP contribution in [0.15, 0.2) is 29.1 Å². The van der Waals surface area contributed by atoms with Crippen LogP contribution in [0.1, 0.15) is 61.9 Å². The molecule has 1 saturated heterocycles. The highest BCUT2D eigenvalue weighted by Gasteiger charge is 2.56. The number of carbonyl (C=O) groups is 3. The van der Waals surface area contributed by atoms with Gasteiger partial charge in [0.15, 0.2) is 5.69 Å². The van der Waals surface area contributed by atoms with E-state index >= 15 is 0 Å². The van der Waals surface area contributed by atoms with Gasteiger partial charge in [0, 0.05) is 19.0 Å². The SMILES string of the molecule is Cn1nc(C(=O)NNC(=O)C2CCCN2C(=O)C23CC4CC(CC(C4)C2)C3)c2ccccc2c1=O. The summed E-state index contributed by atoms with van der Waals surface area (Å²) in [6.07, 6.45) is 8.03. The number of hydrogen-bond acceptors (Lipinski definition) is 5. The normalized spacial score (nSPS) is 31.1. The molecule has 2 aromatic rings. The number of nitrogens with one attached hydrogen (secondary N) is 2. The lowest BCUT2D eigenvalue weighted by Crippen LogP contribution is -2.58. The van der Waals surface area contributed by atoms with Crippen LogP contribution in [0.25, 0.3) is 10.8 Å². The van der Waals surface area contributed by atoms with Crippen molar-refractivity contribution >= 4 is 28.5 Å². The van der Waals surface area contributed by atoms with Gasteiger partial charge in [0.25, 0.3) is 17.4 Å². The first-order valence-electron chi connectivity index (χ1n) is 12.7. The summed E-state index contributed by atoms with van der Waals surface area (Å²) in [6, 6.07) is 6.17. The molecule has 5 fully saturated rings. The van der Waals surface area contributed by atoms with Crippen LogP contribution in [0.4, 0.5) is 0 Å². The first-order chi connectivity index (χ1) is 16.8. The molecule has 4 bridgehead atoms. The van der Waals surface area contributed by atoms with E-state index in [1.807, 2.05) is 0 Å². The molecule has 0 spiro atoms. The fraction of sp³-hybridized carbons (Fsp3) is 0.577. The number of nitrogens with zero attached hydrogens (tertiary/aromatic N) is 3. The maximum atomic E-state index is 13.8. The molecule has 1 aliphatic heterocycles. The molecule has 3 amide bonds. The number of amides is 3. The Kier molecular flexibility index (Phi) is 5.19. The van der Waals surface area contributed by atoms with E-state index in [1.54, 1.807) is 29.2 Å². The summed E-state index contributed by atoms with van der Waals surface area (Å²) < 4.78 is 1.11. The molecule has 0 radical (unpaired) electrons. The van der Waals surface area contributed by atoms with E-state index in [1.165, 1.54) is 26.3 Å². The third-order valence-electron chi connectivity index (χ3n) is 8.78. The summed E-state index contributed by atoms with van der Waals surface area (Å²) in [7, 11) is 1.48. The van der Waals surface area contributed by atoms with E-state index in [-0.39, 0.29) is 28.5 Å². The number of aromatic nitrogens is 2. The molecule has 4 aliphatic carbocycles. The predicted octanol–water partition coefficient (Wildman–Crippen LogP) is 1.90. The van der Waals surface area contributed by atoms with Crippen LogP contribution in [-0.2, 0) is 16.6 Å². The number of aryl methyl sites for hydroxylation is 1. The summed E-state index contributed by atoms with van der Waals surface area (Å²) in [4.78, 5) is 53.9. The molecular formula is C26H31N5O4. The van der Waals surface area contributed by atoms with Crippen LogP contribution in [-0.4, -0.2) is 45.0 Å². The summed E-state index contributed by atoms with van der Waals surface area (Å²) in [5.41, 5.74) is 4.43. The highest BCUT2D eigenvalue weighted by Crippen LogP contribution is 2.60. The van der Waals surface area contributed by atoms with Gasteiger partial charge in [0.05, 0.1) is 10.8 Å². The van der Waals surface area contributed by atoms with Crippen molar-refractivity contribution < 1.29 is 14.4 Å². The minimum Gasteiger partial charge on any atom is -0.330 e. The number of benzene rings is 1. The maximum Gasteiger partial charge on any atom is 0.290 e. The second-order valence-electron chi connectivity index (χ2n) is 11.1. The molecule has 9 nitrogen and oxygen atoms in total. The Balaban J connectivity index is 1.16. The Morgan fingerprint density at radius 1 is 0.971 bits per heavy atom. The first kappa shape index (κ1) is 22.2. The Morgan fingerprint density at radius 3 is 2.26 bits per heavy atom. The third-order valence-corrected chi connectivity index (χ3v) is 8.78. The second-order valence-corrected chi connectivity index (χ2v) is 11.1. The highest BCUT2D eigenvalue weighted by atomic mass is 16.2. The minimum absolute atomic E-state index is 0.0518. The summed E-state index contributed by atoms with van der Waals surface area (Å²) in [5, 5.41) is 4.90. The average molecular weight is 478 g/mol. The van der Waals surface area contributed by atoms with Gasteiger partial charge in [0.2, 0.25) is 5.91 Å². The number of fused-ring (bicyclic) bond motifs is 1. The van der Waals surface area contributed by atoms with Gasteiger partial charge in [-0.1, -0.05) is 18.2 Å². The van der Waals surface area contributed by atoms with Crippen molar-refractivity contribution in [2.75, 3.05) is 6.54 Å². The zero-order chi connectivity index (χ0) is 24.3. The van der Waals surface area contributed by atoms with Gasteiger partial charge in [0.1, 0.15) is 6.04 Å². The zero-order valence-electron chi connectivity index (χ0n) is 20.0. The van der Waals surface area contributed by atoms with Crippen molar-refractivity contribution in [2.24, 2.45) is 30.2 Å². The first-order valence-corrected chi connectivity index (χ1v) is 12.7. The summed E-state index contributed by atoms with van der Waals surface area (Å²) in [5.74, 6) is 1.12. The van der Waals surface area contributed by atoms with Gasteiger partial charge < -0.3 is 4.90 Å². The monoisotopic (exact) mass is 477 g/mol. The molecule has 2 heterocycles. The molecule has 2 N–H and O–H groups in total.